The Balaban J connectivity index is 1.41. The summed E-state index contributed by atoms with van der Waals surface area (Å²) in [6.45, 7) is 1.21. The molecular weight excluding hydrogens is 394 g/mol. The first kappa shape index (κ1) is 19.1. The van der Waals surface area contributed by atoms with Crippen LogP contribution in [0.2, 0.25) is 0 Å². The van der Waals surface area contributed by atoms with Gasteiger partial charge in [-0.2, -0.15) is 4.68 Å². The van der Waals surface area contributed by atoms with E-state index in [0.29, 0.717) is 47.0 Å². The molecule has 4 rings (SSSR count). The van der Waals surface area contributed by atoms with Crippen molar-refractivity contribution >= 4 is 23.4 Å². The minimum atomic E-state index is -0.181. The number of amides is 1. The van der Waals surface area contributed by atoms with Crippen molar-refractivity contribution in [3.05, 3.63) is 42.5 Å². The van der Waals surface area contributed by atoms with E-state index in [1.54, 1.807) is 30.0 Å². The molecule has 0 saturated heterocycles. The van der Waals surface area contributed by atoms with E-state index in [0.717, 1.165) is 6.42 Å². The Morgan fingerprint density at radius 1 is 1.21 bits per heavy atom. The van der Waals surface area contributed by atoms with Crippen molar-refractivity contribution in [2.45, 2.75) is 11.6 Å². The first-order valence-electron chi connectivity index (χ1n) is 8.98. The van der Waals surface area contributed by atoms with Gasteiger partial charge in [-0.15, -0.1) is 5.10 Å². The molecule has 0 spiro atoms. The normalized spacial score (nSPS) is 12.9. The van der Waals surface area contributed by atoms with Crippen LogP contribution < -0.4 is 19.5 Å². The predicted octanol–water partition coefficient (Wildman–Crippen LogP) is 2.56. The molecule has 3 aromatic rings. The number of methoxy groups -OCH3 is 1. The number of para-hydroxylation sites is 2. The molecule has 150 valence electrons. The molecule has 10 heteroatoms. The highest BCUT2D eigenvalue weighted by atomic mass is 32.2. The first-order chi connectivity index (χ1) is 14.2. The predicted molar refractivity (Wildman–Crippen MR) is 107 cm³/mol. The topological polar surface area (TPSA) is 100 Å². The van der Waals surface area contributed by atoms with Crippen molar-refractivity contribution in [2.24, 2.45) is 0 Å². The molecule has 1 amide bonds. The fourth-order valence-electron chi connectivity index (χ4n) is 2.79. The molecule has 2 heterocycles. The second kappa shape index (κ2) is 8.82. The van der Waals surface area contributed by atoms with Gasteiger partial charge in [-0.1, -0.05) is 23.9 Å². The maximum Gasteiger partial charge on any atom is 0.234 e. The fourth-order valence-corrected chi connectivity index (χ4v) is 3.48. The lowest BCUT2D eigenvalue weighted by atomic mass is 10.2. The number of thioether (sulfide) groups is 1. The summed E-state index contributed by atoms with van der Waals surface area (Å²) >= 11 is 1.23. The summed E-state index contributed by atoms with van der Waals surface area (Å²) < 4.78 is 18.2. The van der Waals surface area contributed by atoms with Gasteiger partial charge in [-0.3, -0.25) is 4.79 Å². The summed E-state index contributed by atoms with van der Waals surface area (Å²) in [6.07, 6.45) is 0.827. The number of anilines is 1. The van der Waals surface area contributed by atoms with E-state index < -0.39 is 0 Å². The molecule has 1 N–H and O–H groups in total. The average Bonchev–Trinajstić information content (AvgIpc) is 3.09. The number of tetrazole rings is 1. The summed E-state index contributed by atoms with van der Waals surface area (Å²) in [5.74, 6) is 1.92. The monoisotopic (exact) mass is 413 g/mol. The molecule has 0 bridgehead atoms. The highest BCUT2D eigenvalue weighted by Gasteiger charge is 2.16. The lowest BCUT2D eigenvalue weighted by Crippen LogP contribution is -2.14. The number of hydrogen-bond acceptors (Lipinski definition) is 8. The molecule has 1 aromatic heterocycles. The third kappa shape index (κ3) is 4.43. The van der Waals surface area contributed by atoms with E-state index in [4.69, 9.17) is 14.2 Å². The highest BCUT2D eigenvalue weighted by Crippen LogP contribution is 2.32. The first-order valence-corrected chi connectivity index (χ1v) is 9.97. The Labute approximate surface area is 171 Å². The van der Waals surface area contributed by atoms with E-state index >= 15 is 0 Å². The van der Waals surface area contributed by atoms with Gasteiger partial charge in [0, 0.05) is 18.2 Å². The van der Waals surface area contributed by atoms with Crippen LogP contribution in [0.25, 0.3) is 5.69 Å². The molecule has 1 aliphatic rings. The van der Waals surface area contributed by atoms with Crippen molar-refractivity contribution in [1.29, 1.82) is 0 Å². The molecule has 2 aromatic carbocycles. The Morgan fingerprint density at radius 2 is 2.03 bits per heavy atom. The van der Waals surface area contributed by atoms with Crippen LogP contribution in [0.5, 0.6) is 17.2 Å². The second-order valence-corrected chi connectivity index (χ2v) is 7.04. The van der Waals surface area contributed by atoms with Gasteiger partial charge in [-0.05, 0) is 34.7 Å². The number of hydrogen-bond donors (Lipinski definition) is 1. The minimum Gasteiger partial charge on any atom is -0.494 e. The number of carbonyl (C=O) groups excluding carboxylic acids is 1. The van der Waals surface area contributed by atoms with Gasteiger partial charge in [0.1, 0.15) is 11.4 Å². The van der Waals surface area contributed by atoms with Gasteiger partial charge in [0.15, 0.2) is 11.5 Å². The summed E-state index contributed by atoms with van der Waals surface area (Å²) in [7, 11) is 1.58. The number of ether oxygens (including phenoxy) is 3. The van der Waals surface area contributed by atoms with Crippen molar-refractivity contribution < 1.29 is 19.0 Å². The third-order valence-electron chi connectivity index (χ3n) is 4.12. The van der Waals surface area contributed by atoms with Crippen LogP contribution in [0.15, 0.2) is 47.6 Å². The van der Waals surface area contributed by atoms with Crippen LogP contribution >= 0.6 is 11.8 Å². The van der Waals surface area contributed by atoms with Crippen LogP contribution in [-0.4, -0.2) is 52.2 Å². The Morgan fingerprint density at radius 3 is 2.90 bits per heavy atom. The molecule has 0 fully saturated rings. The second-order valence-electron chi connectivity index (χ2n) is 6.09. The van der Waals surface area contributed by atoms with Crippen LogP contribution in [0.3, 0.4) is 0 Å². The highest BCUT2D eigenvalue weighted by molar-refractivity contribution is 7.99. The number of nitrogens with one attached hydrogen (secondary N) is 1. The summed E-state index contributed by atoms with van der Waals surface area (Å²) in [6, 6.07) is 12.7. The Hall–Kier alpha value is -3.27. The lowest BCUT2D eigenvalue weighted by Gasteiger charge is -2.11. The number of nitrogens with zero attached hydrogens (tertiary/aromatic N) is 4. The Kier molecular flexibility index (Phi) is 5.80. The summed E-state index contributed by atoms with van der Waals surface area (Å²) in [5, 5.41) is 15.1. The van der Waals surface area contributed by atoms with Crippen LogP contribution in [0.4, 0.5) is 5.69 Å². The molecule has 0 radical (unpaired) electrons. The standard InChI is InChI=1S/C19H19N5O4S/c1-26-15-6-3-2-5-14(15)24-19(21-22-23-24)29-12-18(25)20-13-7-8-16-17(11-13)28-10-4-9-27-16/h2-3,5-8,11H,4,9-10,12H2,1H3,(H,20,25). The molecule has 0 aliphatic carbocycles. The van der Waals surface area contributed by atoms with Crippen LogP contribution in [0, 0.1) is 0 Å². The number of aromatic nitrogens is 4. The van der Waals surface area contributed by atoms with Crippen molar-refractivity contribution in [2.75, 3.05) is 31.4 Å². The van der Waals surface area contributed by atoms with Crippen molar-refractivity contribution in [3.63, 3.8) is 0 Å². The molecule has 0 atom stereocenters. The minimum absolute atomic E-state index is 0.143. The molecule has 0 unspecified atom stereocenters. The van der Waals surface area contributed by atoms with Crippen molar-refractivity contribution in [3.8, 4) is 22.9 Å². The number of fused-ring (bicyclic) bond motifs is 1. The van der Waals surface area contributed by atoms with Gasteiger partial charge in [0.2, 0.25) is 11.1 Å². The van der Waals surface area contributed by atoms with E-state index in [1.165, 1.54) is 11.8 Å². The van der Waals surface area contributed by atoms with Gasteiger partial charge in [-0.25, -0.2) is 0 Å². The lowest BCUT2D eigenvalue weighted by molar-refractivity contribution is -0.113. The van der Waals surface area contributed by atoms with E-state index in [-0.39, 0.29) is 11.7 Å². The number of rotatable bonds is 6. The third-order valence-corrected chi connectivity index (χ3v) is 5.04. The molecule has 29 heavy (non-hydrogen) atoms. The summed E-state index contributed by atoms with van der Waals surface area (Å²) in [4.78, 5) is 12.4. The summed E-state index contributed by atoms with van der Waals surface area (Å²) in [5.41, 5.74) is 1.34. The zero-order valence-corrected chi connectivity index (χ0v) is 16.5. The largest absolute Gasteiger partial charge is 0.494 e. The zero-order chi connectivity index (χ0) is 20.1. The van der Waals surface area contributed by atoms with E-state index in [1.807, 2.05) is 24.3 Å². The average molecular weight is 413 g/mol. The van der Waals surface area contributed by atoms with Crippen LogP contribution in [-0.2, 0) is 4.79 Å². The smallest absolute Gasteiger partial charge is 0.234 e. The molecule has 0 saturated carbocycles. The maximum absolute atomic E-state index is 12.4. The van der Waals surface area contributed by atoms with Crippen molar-refractivity contribution in [1.82, 2.24) is 20.2 Å². The molecule has 9 nitrogen and oxygen atoms in total. The zero-order valence-electron chi connectivity index (χ0n) is 15.7. The molecule has 1 aliphatic heterocycles. The Bertz CT molecular complexity index is 1010. The quantitative estimate of drug-likeness (QED) is 0.616. The fraction of sp³-hybridized carbons (Fsp3) is 0.263. The number of carbonyl (C=O) groups is 1. The van der Waals surface area contributed by atoms with Gasteiger partial charge < -0.3 is 19.5 Å². The van der Waals surface area contributed by atoms with E-state index in [9.17, 15) is 4.79 Å². The van der Waals surface area contributed by atoms with Crippen LogP contribution in [0.1, 0.15) is 6.42 Å². The molecular formula is C19H19N5O4S. The van der Waals surface area contributed by atoms with Gasteiger partial charge in [0.25, 0.3) is 0 Å². The van der Waals surface area contributed by atoms with E-state index in [2.05, 4.69) is 20.8 Å². The van der Waals surface area contributed by atoms with Gasteiger partial charge in [0.05, 0.1) is 26.1 Å². The maximum atomic E-state index is 12.4. The number of benzene rings is 2. The SMILES string of the molecule is COc1ccccc1-n1nnnc1SCC(=O)Nc1ccc2c(c1)OCCCO2. The van der Waals surface area contributed by atoms with Gasteiger partial charge >= 0.3 is 0 Å².